The number of ether oxygens (including phenoxy) is 2. The van der Waals surface area contributed by atoms with E-state index in [1.165, 1.54) is 0 Å². The Hall–Kier alpha value is -3.03. The van der Waals surface area contributed by atoms with Crippen LogP contribution in [0.25, 0.3) is 11.3 Å². The molecule has 3 aromatic rings. The molecule has 0 aliphatic rings. The lowest BCUT2D eigenvalue weighted by Crippen LogP contribution is -2.32. The van der Waals surface area contributed by atoms with Crippen molar-refractivity contribution in [3.8, 4) is 22.9 Å². The summed E-state index contributed by atoms with van der Waals surface area (Å²) in [4.78, 5) is 11.9. The largest absolute Gasteiger partial charge is 0.497 e. The highest BCUT2D eigenvalue weighted by Crippen LogP contribution is 2.22. The Morgan fingerprint density at radius 2 is 1.72 bits per heavy atom. The van der Waals surface area contributed by atoms with Crippen molar-refractivity contribution in [2.45, 2.75) is 0 Å². The molecule has 0 spiro atoms. The minimum Gasteiger partial charge on any atom is -0.497 e. The lowest BCUT2D eigenvalue weighted by Gasteiger charge is -2.09. The molecule has 0 atom stereocenters. The number of rotatable bonds is 7. The molecule has 2 N–H and O–H groups in total. The van der Waals surface area contributed by atoms with Crippen molar-refractivity contribution >= 4 is 34.9 Å². The van der Waals surface area contributed by atoms with E-state index in [-0.39, 0.29) is 13.2 Å². The minimum atomic E-state index is -0.395. The van der Waals surface area contributed by atoms with Gasteiger partial charge < -0.3 is 20.1 Å². The second-order valence-corrected chi connectivity index (χ2v) is 6.75. The SMILES string of the molecule is COc1ccc(-c2ccc(OCCNC(=O)Nc3cc(Cl)cc(Cl)c3)nn2)cc1. The minimum absolute atomic E-state index is 0.236. The van der Waals surface area contributed by atoms with Crippen LogP contribution in [0.2, 0.25) is 10.0 Å². The zero-order valence-electron chi connectivity index (χ0n) is 15.5. The lowest BCUT2D eigenvalue weighted by atomic mass is 10.1. The van der Waals surface area contributed by atoms with E-state index in [1.54, 1.807) is 31.4 Å². The van der Waals surface area contributed by atoms with Gasteiger partial charge in [-0.05, 0) is 48.5 Å². The highest BCUT2D eigenvalue weighted by atomic mass is 35.5. The molecule has 3 rings (SSSR count). The Morgan fingerprint density at radius 3 is 2.34 bits per heavy atom. The van der Waals surface area contributed by atoms with Gasteiger partial charge in [-0.2, -0.15) is 0 Å². The molecule has 0 bridgehead atoms. The van der Waals surface area contributed by atoms with Crippen molar-refractivity contribution in [3.63, 3.8) is 0 Å². The predicted molar refractivity (Wildman–Crippen MR) is 113 cm³/mol. The third-order valence-corrected chi connectivity index (χ3v) is 4.22. The molecule has 29 heavy (non-hydrogen) atoms. The third-order valence-electron chi connectivity index (χ3n) is 3.78. The quantitative estimate of drug-likeness (QED) is 0.530. The molecule has 1 heterocycles. The Morgan fingerprint density at radius 1 is 1.00 bits per heavy atom. The number of aromatic nitrogens is 2. The summed E-state index contributed by atoms with van der Waals surface area (Å²) in [5.41, 5.74) is 2.14. The van der Waals surface area contributed by atoms with Gasteiger partial charge in [0.15, 0.2) is 0 Å². The number of carbonyl (C=O) groups excluding carboxylic acids is 1. The van der Waals surface area contributed by atoms with Gasteiger partial charge in [0.2, 0.25) is 5.88 Å². The van der Waals surface area contributed by atoms with Crippen LogP contribution >= 0.6 is 23.2 Å². The van der Waals surface area contributed by atoms with E-state index in [9.17, 15) is 4.79 Å². The maximum Gasteiger partial charge on any atom is 0.319 e. The number of methoxy groups -OCH3 is 1. The van der Waals surface area contributed by atoms with Crippen LogP contribution in [-0.2, 0) is 0 Å². The van der Waals surface area contributed by atoms with Gasteiger partial charge in [0.05, 0.1) is 19.3 Å². The van der Waals surface area contributed by atoms with Crippen LogP contribution in [0.15, 0.2) is 54.6 Å². The molecule has 0 saturated heterocycles. The maximum atomic E-state index is 11.9. The van der Waals surface area contributed by atoms with Gasteiger partial charge in [0.1, 0.15) is 12.4 Å². The van der Waals surface area contributed by atoms with Crippen molar-refractivity contribution in [1.29, 1.82) is 0 Å². The fraction of sp³-hybridized carbons (Fsp3) is 0.150. The topological polar surface area (TPSA) is 85.4 Å². The standard InChI is InChI=1S/C20H18Cl2N4O3/c1-28-17-4-2-13(3-5-17)18-6-7-19(26-25-18)29-9-8-23-20(27)24-16-11-14(21)10-15(22)12-16/h2-7,10-12H,8-9H2,1H3,(H2,23,24,27). The maximum absolute atomic E-state index is 11.9. The average Bonchev–Trinajstić information content (AvgIpc) is 2.71. The molecule has 0 unspecified atom stereocenters. The second kappa shape index (κ2) is 9.95. The van der Waals surface area contributed by atoms with Crippen LogP contribution < -0.4 is 20.1 Å². The van der Waals surface area contributed by atoms with Gasteiger partial charge in [-0.25, -0.2) is 4.79 Å². The number of nitrogens with one attached hydrogen (secondary N) is 2. The van der Waals surface area contributed by atoms with Crippen LogP contribution in [0.1, 0.15) is 0 Å². The highest BCUT2D eigenvalue weighted by Gasteiger charge is 2.05. The number of nitrogens with zero attached hydrogens (tertiary/aromatic N) is 2. The molecule has 1 aromatic heterocycles. The molecule has 9 heteroatoms. The number of urea groups is 1. The van der Waals surface area contributed by atoms with Crippen LogP contribution in [0.3, 0.4) is 0 Å². The van der Waals surface area contributed by atoms with Crippen LogP contribution in [0.5, 0.6) is 11.6 Å². The number of amides is 2. The van der Waals surface area contributed by atoms with E-state index < -0.39 is 6.03 Å². The Labute approximate surface area is 178 Å². The number of hydrogen-bond donors (Lipinski definition) is 2. The smallest absolute Gasteiger partial charge is 0.319 e. The van der Waals surface area contributed by atoms with E-state index in [1.807, 2.05) is 30.3 Å². The van der Waals surface area contributed by atoms with Crippen molar-refractivity contribution in [3.05, 3.63) is 64.6 Å². The number of carbonyl (C=O) groups is 1. The fourth-order valence-electron chi connectivity index (χ4n) is 2.43. The van der Waals surface area contributed by atoms with Crippen LogP contribution in [0.4, 0.5) is 10.5 Å². The predicted octanol–water partition coefficient (Wildman–Crippen LogP) is 4.66. The highest BCUT2D eigenvalue weighted by molar-refractivity contribution is 6.35. The van der Waals surface area contributed by atoms with Gasteiger partial charge in [-0.1, -0.05) is 23.2 Å². The first-order valence-corrected chi connectivity index (χ1v) is 9.41. The van der Waals surface area contributed by atoms with Crippen LogP contribution in [-0.4, -0.2) is 36.5 Å². The van der Waals surface area contributed by atoms with Crippen molar-refractivity contribution in [2.24, 2.45) is 0 Å². The van der Waals surface area contributed by atoms with Gasteiger partial charge >= 0.3 is 6.03 Å². The summed E-state index contributed by atoms with van der Waals surface area (Å²) in [5.74, 6) is 1.14. The summed E-state index contributed by atoms with van der Waals surface area (Å²) in [6.45, 7) is 0.516. The zero-order chi connectivity index (χ0) is 20.6. The number of anilines is 1. The van der Waals surface area contributed by atoms with Gasteiger partial charge in [0, 0.05) is 27.4 Å². The fourth-order valence-corrected chi connectivity index (χ4v) is 2.96. The van der Waals surface area contributed by atoms with Gasteiger partial charge in [0.25, 0.3) is 0 Å². The molecule has 2 aromatic carbocycles. The molecule has 0 aliphatic heterocycles. The molecule has 0 saturated carbocycles. The summed E-state index contributed by atoms with van der Waals surface area (Å²) in [6.07, 6.45) is 0. The van der Waals surface area contributed by atoms with E-state index >= 15 is 0 Å². The summed E-state index contributed by atoms with van der Waals surface area (Å²) in [7, 11) is 1.62. The molecule has 150 valence electrons. The Kier molecular flexibility index (Phi) is 7.10. The first kappa shape index (κ1) is 20.7. The van der Waals surface area contributed by atoms with E-state index in [0.717, 1.165) is 17.0 Å². The van der Waals surface area contributed by atoms with Crippen LogP contribution in [0, 0.1) is 0 Å². The van der Waals surface area contributed by atoms with Crippen molar-refractivity contribution in [1.82, 2.24) is 15.5 Å². The molecular weight excluding hydrogens is 415 g/mol. The van der Waals surface area contributed by atoms with Crippen molar-refractivity contribution < 1.29 is 14.3 Å². The Bertz CT molecular complexity index is 946. The number of halogens is 2. The van der Waals surface area contributed by atoms with E-state index in [2.05, 4.69) is 20.8 Å². The van der Waals surface area contributed by atoms with Gasteiger partial charge in [-0.15, -0.1) is 10.2 Å². The van der Waals surface area contributed by atoms with E-state index in [0.29, 0.717) is 21.6 Å². The monoisotopic (exact) mass is 432 g/mol. The summed E-state index contributed by atoms with van der Waals surface area (Å²) in [6, 6.07) is 15.4. The second-order valence-electron chi connectivity index (χ2n) is 5.87. The molecule has 0 fully saturated rings. The van der Waals surface area contributed by atoms with Crippen molar-refractivity contribution in [2.75, 3.05) is 25.6 Å². The first-order chi connectivity index (χ1) is 14.0. The molecular formula is C20H18Cl2N4O3. The summed E-state index contributed by atoms with van der Waals surface area (Å²) >= 11 is 11.8. The molecule has 0 radical (unpaired) electrons. The summed E-state index contributed by atoms with van der Waals surface area (Å²) in [5, 5.41) is 14.4. The molecule has 0 aliphatic carbocycles. The molecule has 7 nitrogen and oxygen atoms in total. The first-order valence-electron chi connectivity index (χ1n) is 8.65. The Balaban J connectivity index is 1.43. The van der Waals surface area contributed by atoms with E-state index in [4.69, 9.17) is 32.7 Å². The van der Waals surface area contributed by atoms with Gasteiger partial charge in [-0.3, -0.25) is 0 Å². The normalized spacial score (nSPS) is 10.3. The number of hydrogen-bond acceptors (Lipinski definition) is 5. The summed E-state index contributed by atoms with van der Waals surface area (Å²) < 4.78 is 10.6. The number of benzene rings is 2. The molecule has 2 amide bonds. The lowest BCUT2D eigenvalue weighted by molar-refractivity contribution is 0.246. The zero-order valence-corrected chi connectivity index (χ0v) is 17.0. The average molecular weight is 433 g/mol. The third kappa shape index (κ3) is 6.23.